The maximum Gasteiger partial charge on any atom is 0.261 e. The van der Waals surface area contributed by atoms with Crippen molar-refractivity contribution < 1.29 is 9.53 Å². The van der Waals surface area contributed by atoms with Gasteiger partial charge in [-0.05, 0) is 40.1 Å². The molecule has 2 nitrogen and oxygen atoms in total. The predicted octanol–water partition coefficient (Wildman–Crippen LogP) is 5.08. The molecule has 164 valence electrons. The molecule has 2 aliphatic carbocycles. The highest BCUT2D eigenvalue weighted by Gasteiger charge is 2.52. The Morgan fingerprint density at radius 1 is 0.935 bits per heavy atom. The summed E-state index contributed by atoms with van der Waals surface area (Å²) in [5, 5.41) is 12.4. The Kier molecular flexibility index (Phi) is 6.39. The van der Waals surface area contributed by atoms with Crippen LogP contribution in [0.5, 0.6) is 0 Å². The second-order valence-electron chi connectivity index (χ2n) is 10.3. The van der Waals surface area contributed by atoms with E-state index in [9.17, 15) is 5.11 Å². The van der Waals surface area contributed by atoms with Crippen molar-refractivity contribution in [3.05, 3.63) is 84.5 Å². The molecular weight excluding hydrogens is 396 g/mol. The van der Waals surface area contributed by atoms with Crippen LogP contribution in [0.25, 0.3) is 0 Å². The average molecular weight is 433 g/mol. The topological polar surface area (TPSA) is 29.5 Å². The summed E-state index contributed by atoms with van der Waals surface area (Å²) < 4.78 is 7.40. The van der Waals surface area contributed by atoms with Crippen molar-refractivity contribution in [2.75, 3.05) is 6.61 Å². The first kappa shape index (κ1) is 22.3. The number of allylic oxidation sites excluding steroid dienone is 1. The van der Waals surface area contributed by atoms with Crippen LogP contribution in [-0.4, -0.2) is 26.1 Å². The molecule has 0 amide bonds. The molecule has 1 fully saturated rings. The van der Waals surface area contributed by atoms with E-state index in [4.69, 9.17) is 4.43 Å². The number of aliphatic hydroxyl groups excluding tert-OH is 1. The first-order valence-electron chi connectivity index (χ1n) is 11.6. The molecule has 1 saturated carbocycles. The molecule has 2 aliphatic rings. The molecule has 0 saturated heterocycles. The van der Waals surface area contributed by atoms with Gasteiger partial charge >= 0.3 is 0 Å². The number of rotatable bonds is 5. The van der Waals surface area contributed by atoms with Gasteiger partial charge in [0.2, 0.25) is 0 Å². The van der Waals surface area contributed by atoms with Crippen LogP contribution in [0.3, 0.4) is 0 Å². The Balaban J connectivity index is 1.76. The van der Waals surface area contributed by atoms with Gasteiger partial charge in [-0.1, -0.05) is 112 Å². The average Bonchev–Trinajstić information content (AvgIpc) is 3.10. The van der Waals surface area contributed by atoms with Gasteiger partial charge < -0.3 is 9.53 Å². The smallest absolute Gasteiger partial charge is 0.261 e. The molecule has 0 bridgehead atoms. The largest absolute Gasteiger partial charge is 0.404 e. The van der Waals surface area contributed by atoms with Crippen molar-refractivity contribution in [2.24, 2.45) is 17.8 Å². The summed E-state index contributed by atoms with van der Waals surface area (Å²) in [6.45, 7) is 9.52. The van der Waals surface area contributed by atoms with E-state index in [1.807, 2.05) is 0 Å². The van der Waals surface area contributed by atoms with E-state index >= 15 is 0 Å². The van der Waals surface area contributed by atoms with Crippen LogP contribution in [0.2, 0.25) is 5.04 Å². The van der Waals surface area contributed by atoms with Gasteiger partial charge in [0.25, 0.3) is 8.32 Å². The Bertz CT molecular complexity index is 887. The summed E-state index contributed by atoms with van der Waals surface area (Å²) in [5.41, 5.74) is 1.47. The van der Waals surface area contributed by atoms with Crippen molar-refractivity contribution >= 4 is 18.7 Å². The van der Waals surface area contributed by atoms with Crippen molar-refractivity contribution in [1.29, 1.82) is 0 Å². The lowest BCUT2D eigenvalue weighted by molar-refractivity contribution is 0.186. The SMILES string of the molecule is C[C@H]1C=C[C@@H](CO)C=C2C[C@H](O[Si](c3ccccc3)(c3ccccc3)C(C)(C)C)C[C@H]21. The highest BCUT2D eigenvalue weighted by Crippen LogP contribution is 2.45. The van der Waals surface area contributed by atoms with Crippen molar-refractivity contribution in [3.8, 4) is 0 Å². The van der Waals surface area contributed by atoms with Gasteiger partial charge in [-0.2, -0.15) is 0 Å². The van der Waals surface area contributed by atoms with Crippen LogP contribution in [0.4, 0.5) is 0 Å². The Labute approximate surface area is 188 Å². The van der Waals surface area contributed by atoms with Gasteiger partial charge in [-0.15, -0.1) is 0 Å². The van der Waals surface area contributed by atoms with E-state index in [1.165, 1.54) is 15.9 Å². The van der Waals surface area contributed by atoms with Gasteiger partial charge in [0.15, 0.2) is 0 Å². The van der Waals surface area contributed by atoms with Gasteiger partial charge in [0.05, 0.1) is 12.7 Å². The summed E-state index contributed by atoms with van der Waals surface area (Å²) in [7, 11) is -2.53. The highest BCUT2D eigenvalue weighted by atomic mass is 28.4. The Morgan fingerprint density at radius 2 is 1.52 bits per heavy atom. The van der Waals surface area contributed by atoms with Gasteiger partial charge in [-0.25, -0.2) is 0 Å². The van der Waals surface area contributed by atoms with Crippen LogP contribution >= 0.6 is 0 Å². The minimum atomic E-state index is -2.53. The summed E-state index contributed by atoms with van der Waals surface area (Å²) in [6.07, 6.45) is 9.00. The molecule has 2 aromatic carbocycles. The summed E-state index contributed by atoms with van der Waals surface area (Å²) in [4.78, 5) is 0. The molecule has 4 rings (SSSR count). The molecule has 0 spiro atoms. The lowest BCUT2D eigenvalue weighted by Crippen LogP contribution is -2.67. The number of aliphatic hydroxyl groups is 1. The van der Waals surface area contributed by atoms with Crippen LogP contribution in [-0.2, 0) is 4.43 Å². The molecule has 2 aromatic rings. The second kappa shape index (κ2) is 8.89. The van der Waals surface area contributed by atoms with E-state index in [1.54, 1.807) is 0 Å². The first-order chi connectivity index (χ1) is 14.8. The Hall–Kier alpha value is -1.94. The van der Waals surface area contributed by atoms with Crippen LogP contribution < -0.4 is 10.4 Å². The molecule has 1 N–H and O–H groups in total. The molecule has 3 heteroatoms. The van der Waals surface area contributed by atoms with E-state index in [2.05, 4.69) is 107 Å². The third-order valence-corrected chi connectivity index (χ3v) is 12.2. The molecule has 31 heavy (non-hydrogen) atoms. The fourth-order valence-electron chi connectivity index (χ4n) is 5.60. The lowest BCUT2D eigenvalue weighted by atomic mass is 9.90. The third kappa shape index (κ3) is 4.24. The number of hydrogen-bond acceptors (Lipinski definition) is 2. The highest BCUT2D eigenvalue weighted by molar-refractivity contribution is 6.99. The zero-order valence-corrected chi connectivity index (χ0v) is 20.3. The van der Waals surface area contributed by atoms with E-state index in [-0.39, 0.29) is 23.7 Å². The maximum atomic E-state index is 9.76. The molecular formula is C28H36O2Si. The summed E-state index contributed by atoms with van der Waals surface area (Å²) >= 11 is 0. The van der Waals surface area contributed by atoms with Crippen molar-refractivity contribution in [2.45, 2.75) is 51.7 Å². The minimum absolute atomic E-state index is 0.00606. The molecule has 0 aromatic heterocycles. The molecule has 0 radical (unpaired) electrons. The van der Waals surface area contributed by atoms with E-state index in [0.717, 1.165) is 12.8 Å². The fourth-order valence-corrected chi connectivity index (χ4v) is 10.3. The van der Waals surface area contributed by atoms with Gasteiger partial charge in [-0.3, -0.25) is 0 Å². The quantitative estimate of drug-likeness (QED) is 0.527. The van der Waals surface area contributed by atoms with Crippen LogP contribution in [0.15, 0.2) is 84.5 Å². The molecule has 0 unspecified atom stereocenters. The monoisotopic (exact) mass is 432 g/mol. The van der Waals surface area contributed by atoms with E-state index < -0.39 is 8.32 Å². The standard InChI is InChI=1S/C28H36O2Si/c1-21-15-16-22(20-29)17-23-18-24(19-27(21)23)30-31(28(2,3)4,25-11-7-5-8-12-25)26-13-9-6-10-14-26/h5-17,21-22,24,27,29H,18-20H2,1-4H3/t21-,22+,24-,27-/m0/s1. The maximum absolute atomic E-state index is 9.76. The summed E-state index contributed by atoms with van der Waals surface area (Å²) in [6, 6.07) is 21.9. The van der Waals surface area contributed by atoms with Gasteiger partial charge in [0, 0.05) is 5.92 Å². The fraction of sp³-hybridized carbons (Fsp3) is 0.429. The van der Waals surface area contributed by atoms with E-state index in [0.29, 0.717) is 11.8 Å². The zero-order chi connectivity index (χ0) is 22.1. The molecule has 0 aliphatic heterocycles. The van der Waals surface area contributed by atoms with Crippen molar-refractivity contribution in [3.63, 3.8) is 0 Å². The predicted molar refractivity (Wildman–Crippen MR) is 132 cm³/mol. The number of hydrogen-bond donors (Lipinski definition) is 1. The lowest BCUT2D eigenvalue weighted by Gasteiger charge is -2.44. The molecule has 0 heterocycles. The number of fused-ring (bicyclic) bond motifs is 1. The normalized spacial score (nSPS) is 26.3. The van der Waals surface area contributed by atoms with Crippen molar-refractivity contribution in [1.82, 2.24) is 0 Å². The second-order valence-corrected chi connectivity index (χ2v) is 14.5. The third-order valence-electron chi connectivity index (χ3n) is 7.15. The summed E-state index contributed by atoms with van der Waals surface area (Å²) in [5.74, 6) is 1.13. The first-order valence-corrected chi connectivity index (χ1v) is 13.5. The van der Waals surface area contributed by atoms with Crippen LogP contribution in [0, 0.1) is 17.8 Å². The van der Waals surface area contributed by atoms with Crippen LogP contribution in [0.1, 0.15) is 40.5 Å². The minimum Gasteiger partial charge on any atom is -0.404 e. The number of benzene rings is 2. The zero-order valence-electron chi connectivity index (χ0n) is 19.3. The Morgan fingerprint density at radius 3 is 2.03 bits per heavy atom. The van der Waals surface area contributed by atoms with Gasteiger partial charge in [0.1, 0.15) is 0 Å². The molecule has 4 atom stereocenters.